The van der Waals surface area contributed by atoms with E-state index in [4.69, 9.17) is 0 Å². The van der Waals surface area contributed by atoms with Crippen LogP contribution in [0.3, 0.4) is 0 Å². The maximum atomic E-state index is 12.0. The van der Waals surface area contributed by atoms with Gasteiger partial charge in [-0.25, -0.2) is 4.79 Å². The predicted molar refractivity (Wildman–Crippen MR) is 96.6 cm³/mol. The van der Waals surface area contributed by atoms with E-state index in [-0.39, 0.29) is 0 Å². The molecule has 0 spiro atoms. The minimum absolute atomic E-state index is 0.475. The number of imide groups is 1. The lowest BCUT2D eigenvalue weighted by Crippen LogP contribution is -2.33. The van der Waals surface area contributed by atoms with Gasteiger partial charge < -0.3 is 5.32 Å². The van der Waals surface area contributed by atoms with Gasteiger partial charge in [0.15, 0.2) is 0 Å². The summed E-state index contributed by atoms with van der Waals surface area (Å²) in [6.45, 7) is 0. The van der Waals surface area contributed by atoms with Gasteiger partial charge in [0.2, 0.25) is 0 Å². The van der Waals surface area contributed by atoms with Gasteiger partial charge in [-0.05, 0) is 23.1 Å². The second-order valence-corrected chi connectivity index (χ2v) is 5.21. The minimum atomic E-state index is -0.561. The van der Waals surface area contributed by atoms with E-state index < -0.39 is 11.9 Å². The Morgan fingerprint density at radius 2 is 1.50 bits per heavy atom. The van der Waals surface area contributed by atoms with Crippen LogP contribution in [0.5, 0.6) is 0 Å². The summed E-state index contributed by atoms with van der Waals surface area (Å²) in [6.07, 6.45) is 2.98. The molecule has 0 bridgehead atoms. The molecular weight excluding hydrogens is 300 g/mol. The van der Waals surface area contributed by atoms with Crippen LogP contribution in [0.25, 0.3) is 16.8 Å². The quantitative estimate of drug-likeness (QED) is 0.711. The molecular formula is C20H16N2O2. The number of urea groups is 1. The molecule has 4 heteroatoms. The molecule has 0 saturated carbocycles. The highest BCUT2D eigenvalue weighted by atomic mass is 16.2. The van der Waals surface area contributed by atoms with Gasteiger partial charge in [0.1, 0.15) is 0 Å². The number of nitrogens with one attached hydrogen (secondary N) is 2. The van der Waals surface area contributed by atoms with Crippen molar-refractivity contribution in [1.29, 1.82) is 0 Å². The lowest BCUT2D eigenvalue weighted by Gasteiger charge is -2.08. The Balaban J connectivity index is 1.65. The smallest absolute Gasteiger partial charge is 0.307 e. The van der Waals surface area contributed by atoms with Crippen molar-refractivity contribution in [2.75, 3.05) is 5.32 Å². The first kappa shape index (κ1) is 15.5. The molecule has 3 rings (SSSR count). The molecule has 24 heavy (non-hydrogen) atoms. The average Bonchev–Trinajstić information content (AvgIpc) is 2.61. The number of carbonyl (C=O) groups excluding carboxylic acids is 2. The number of benzene rings is 3. The molecule has 3 aromatic rings. The normalized spacial score (nSPS) is 10.7. The number of anilines is 1. The minimum Gasteiger partial charge on any atom is -0.307 e. The van der Waals surface area contributed by atoms with E-state index in [9.17, 15) is 9.59 Å². The van der Waals surface area contributed by atoms with Crippen LogP contribution in [0.15, 0.2) is 78.9 Å². The molecule has 2 N–H and O–H groups in total. The van der Waals surface area contributed by atoms with Gasteiger partial charge in [0.25, 0.3) is 5.91 Å². The summed E-state index contributed by atoms with van der Waals surface area (Å²) in [5, 5.41) is 6.93. The fraction of sp³-hybridized carbons (Fsp3) is 0. The van der Waals surface area contributed by atoms with Crippen LogP contribution in [-0.4, -0.2) is 11.9 Å². The monoisotopic (exact) mass is 316 g/mol. The van der Waals surface area contributed by atoms with Crippen molar-refractivity contribution >= 4 is 34.5 Å². The zero-order valence-electron chi connectivity index (χ0n) is 12.9. The van der Waals surface area contributed by atoms with E-state index in [0.717, 1.165) is 16.3 Å². The Kier molecular flexibility index (Phi) is 4.68. The maximum absolute atomic E-state index is 12.0. The highest BCUT2D eigenvalue weighted by Crippen LogP contribution is 2.22. The second-order valence-electron chi connectivity index (χ2n) is 5.21. The fourth-order valence-corrected chi connectivity index (χ4v) is 2.38. The molecule has 118 valence electrons. The maximum Gasteiger partial charge on any atom is 0.326 e. The van der Waals surface area contributed by atoms with E-state index in [1.165, 1.54) is 6.08 Å². The number of rotatable bonds is 3. The van der Waals surface area contributed by atoms with E-state index >= 15 is 0 Å². The zero-order valence-corrected chi connectivity index (χ0v) is 12.9. The molecule has 0 aliphatic rings. The van der Waals surface area contributed by atoms with Crippen molar-refractivity contribution in [3.8, 4) is 0 Å². The first-order valence-electron chi connectivity index (χ1n) is 7.55. The summed E-state index contributed by atoms with van der Waals surface area (Å²) in [5.41, 5.74) is 1.55. The van der Waals surface area contributed by atoms with Crippen molar-refractivity contribution in [3.05, 3.63) is 84.4 Å². The van der Waals surface area contributed by atoms with Gasteiger partial charge in [-0.15, -0.1) is 0 Å². The molecule has 0 fully saturated rings. The molecule has 0 heterocycles. The van der Waals surface area contributed by atoms with Crippen molar-refractivity contribution < 1.29 is 9.59 Å². The molecule has 3 amide bonds. The third-order valence-corrected chi connectivity index (χ3v) is 3.50. The number of fused-ring (bicyclic) bond motifs is 1. The Morgan fingerprint density at radius 1 is 0.792 bits per heavy atom. The van der Waals surface area contributed by atoms with Gasteiger partial charge in [-0.1, -0.05) is 66.7 Å². The lowest BCUT2D eigenvalue weighted by atomic mass is 10.1. The van der Waals surface area contributed by atoms with Gasteiger partial charge in [-0.3, -0.25) is 10.1 Å². The lowest BCUT2D eigenvalue weighted by molar-refractivity contribution is -0.115. The Bertz CT molecular complexity index is 896. The number of hydrogen-bond acceptors (Lipinski definition) is 2. The van der Waals surface area contributed by atoms with Crippen LogP contribution in [-0.2, 0) is 4.79 Å². The first-order chi connectivity index (χ1) is 11.7. The first-order valence-corrected chi connectivity index (χ1v) is 7.55. The topological polar surface area (TPSA) is 58.2 Å². The summed E-state index contributed by atoms with van der Waals surface area (Å²) < 4.78 is 0. The molecule has 0 atom stereocenters. The predicted octanol–water partition coefficient (Wildman–Crippen LogP) is 4.20. The molecule has 0 aliphatic heterocycles. The standard InChI is InChI=1S/C20H16N2O2/c23-19(14-13-15-7-2-1-3-8-15)22-20(24)21-18-12-6-10-16-9-4-5-11-17(16)18/h1-14H,(H2,21,22,23,24)/b14-13+. The SMILES string of the molecule is O=C(/C=C/c1ccccc1)NC(=O)Nc1cccc2ccccc12. The van der Waals surface area contributed by atoms with Gasteiger partial charge >= 0.3 is 6.03 Å². The van der Waals surface area contributed by atoms with Crippen LogP contribution in [0.1, 0.15) is 5.56 Å². The van der Waals surface area contributed by atoms with Crippen molar-refractivity contribution in [1.82, 2.24) is 5.32 Å². The number of amides is 3. The summed E-state index contributed by atoms with van der Waals surface area (Å²) in [5.74, 6) is -0.475. The summed E-state index contributed by atoms with van der Waals surface area (Å²) in [6, 6.07) is 22.2. The van der Waals surface area contributed by atoms with Crippen LogP contribution in [0.4, 0.5) is 10.5 Å². The van der Waals surface area contributed by atoms with E-state index in [0.29, 0.717) is 5.69 Å². The van der Waals surface area contributed by atoms with Crippen LogP contribution >= 0.6 is 0 Å². The van der Waals surface area contributed by atoms with Gasteiger partial charge in [0, 0.05) is 11.5 Å². The van der Waals surface area contributed by atoms with E-state index in [1.54, 1.807) is 12.1 Å². The van der Waals surface area contributed by atoms with E-state index in [1.807, 2.05) is 66.7 Å². The van der Waals surface area contributed by atoms with Crippen LogP contribution in [0.2, 0.25) is 0 Å². The number of carbonyl (C=O) groups is 2. The number of hydrogen-bond donors (Lipinski definition) is 2. The van der Waals surface area contributed by atoms with Crippen LogP contribution in [0, 0.1) is 0 Å². The van der Waals surface area contributed by atoms with Crippen molar-refractivity contribution in [3.63, 3.8) is 0 Å². The summed E-state index contributed by atoms with van der Waals surface area (Å²) in [7, 11) is 0. The third kappa shape index (κ3) is 3.87. The third-order valence-electron chi connectivity index (χ3n) is 3.50. The molecule has 0 radical (unpaired) electrons. The van der Waals surface area contributed by atoms with Gasteiger partial charge in [-0.2, -0.15) is 0 Å². The van der Waals surface area contributed by atoms with Gasteiger partial charge in [0.05, 0.1) is 5.69 Å². The second kappa shape index (κ2) is 7.24. The summed E-state index contributed by atoms with van der Waals surface area (Å²) >= 11 is 0. The highest BCUT2D eigenvalue weighted by Gasteiger charge is 2.07. The molecule has 0 saturated heterocycles. The molecule has 3 aromatic carbocycles. The largest absolute Gasteiger partial charge is 0.326 e. The zero-order chi connectivity index (χ0) is 16.8. The van der Waals surface area contributed by atoms with Crippen LogP contribution < -0.4 is 10.6 Å². The van der Waals surface area contributed by atoms with Crippen molar-refractivity contribution in [2.45, 2.75) is 0 Å². The van der Waals surface area contributed by atoms with Crippen molar-refractivity contribution in [2.24, 2.45) is 0 Å². The average molecular weight is 316 g/mol. The molecule has 0 aliphatic carbocycles. The summed E-state index contributed by atoms with van der Waals surface area (Å²) in [4.78, 5) is 23.8. The highest BCUT2D eigenvalue weighted by molar-refractivity contribution is 6.09. The molecule has 0 aromatic heterocycles. The van der Waals surface area contributed by atoms with E-state index in [2.05, 4.69) is 10.6 Å². The Labute approximate surface area is 139 Å². The Hall–Kier alpha value is -3.40. The molecule has 0 unspecified atom stereocenters. The fourth-order valence-electron chi connectivity index (χ4n) is 2.38. The Morgan fingerprint density at radius 3 is 2.33 bits per heavy atom. The molecule has 4 nitrogen and oxygen atoms in total.